The summed E-state index contributed by atoms with van der Waals surface area (Å²) >= 11 is 0. The van der Waals surface area contributed by atoms with E-state index in [1.54, 1.807) is 18.2 Å². The normalized spacial score (nSPS) is 18.3. The zero-order valence-electron chi connectivity index (χ0n) is 19.3. The van der Waals surface area contributed by atoms with Crippen LogP contribution in [0.15, 0.2) is 61.2 Å². The van der Waals surface area contributed by atoms with Crippen LogP contribution in [0.1, 0.15) is 47.9 Å². The average molecular weight is 474 g/mol. The van der Waals surface area contributed by atoms with Crippen LogP contribution in [0.5, 0.6) is 5.75 Å². The van der Waals surface area contributed by atoms with Gasteiger partial charge in [-0.25, -0.2) is 0 Å². The van der Waals surface area contributed by atoms with E-state index in [1.165, 1.54) is 0 Å². The van der Waals surface area contributed by atoms with E-state index < -0.39 is 18.1 Å². The van der Waals surface area contributed by atoms with E-state index in [0.717, 1.165) is 27.8 Å². The molecule has 0 saturated heterocycles. The molecule has 0 aromatic heterocycles. The summed E-state index contributed by atoms with van der Waals surface area (Å²) in [7, 11) is 0. The number of benzene rings is 2. The number of nitrogens with one attached hydrogen (secondary N) is 1. The molecule has 1 aliphatic heterocycles. The minimum absolute atomic E-state index is 0.00382. The van der Waals surface area contributed by atoms with E-state index in [0.29, 0.717) is 25.0 Å². The van der Waals surface area contributed by atoms with E-state index in [1.807, 2.05) is 43.3 Å². The maximum atomic E-state index is 12.5. The highest BCUT2D eigenvalue weighted by Gasteiger charge is 2.33. The summed E-state index contributed by atoms with van der Waals surface area (Å²) in [6.45, 7) is 5.83. The topological polar surface area (TPSA) is 58.6 Å². The van der Waals surface area contributed by atoms with Gasteiger partial charge < -0.3 is 15.2 Å². The molecule has 0 radical (unpaired) electrons. The number of alkyl halides is 3. The summed E-state index contributed by atoms with van der Waals surface area (Å²) in [6, 6.07) is 13.1. The van der Waals surface area contributed by atoms with Crippen LogP contribution in [-0.4, -0.2) is 29.3 Å². The minimum atomic E-state index is -4.18. The molecule has 7 heteroatoms. The Kier molecular flexibility index (Phi) is 8.20. The van der Waals surface area contributed by atoms with Crippen LogP contribution in [0.4, 0.5) is 13.2 Å². The van der Waals surface area contributed by atoms with Crippen molar-refractivity contribution in [1.29, 1.82) is 0 Å². The van der Waals surface area contributed by atoms with Crippen LogP contribution in [0.3, 0.4) is 0 Å². The highest BCUT2D eigenvalue weighted by molar-refractivity contribution is 5.98. The largest absolute Gasteiger partial charge is 0.494 e. The van der Waals surface area contributed by atoms with Gasteiger partial charge in [0.15, 0.2) is 0 Å². The first kappa shape index (κ1) is 25.6. The van der Waals surface area contributed by atoms with Gasteiger partial charge >= 0.3 is 6.18 Å². The predicted molar refractivity (Wildman–Crippen MR) is 126 cm³/mol. The van der Waals surface area contributed by atoms with Gasteiger partial charge in [-0.3, -0.25) is 4.79 Å². The molecule has 0 saturated carbocycles. The van der Waals surface area contributed by atoms with Crippen LogP contribution in [0.2, 0.25) is 0 Å². The first-order valence-corrected chi connectivity index (χ1v) is 11.3. The number of carbonyl (C=O) groups is 1. The number of hydrogen-bond acceptors (Lipinski definition) is 3. The van der Waals surface area contributed by atoms with Gasteiger partial charge in [-0.1, -0.05) is 30.3 Å². The molecule has 182 valence electrons. The number of halogens is 3. The molecule has 0 aliphatic carbocycles. The first-order chi connectivity index (χ1) is 16.1. The van der Waals surface area contributed by atoms with Crippen molar-refractivity contribution in [1.82, 2.24) is 5.32 Å². The second-order valence-electron chi connectivity index (χ2n) is 8.71. The van der Waals surface area contributed by atoms with Gasteiger partial charge in [0.2, 0.25) is 5.91 Å². The number of rotatable bonds is 10. The highest BCUT2D eigenvalue weighted by Crippen LogP contribution is 2.34. The summed E-state index contributed by atoms with van der Waals surface area (Å²) in [5.41, 5.74) is 3.89. The molecule has 2 aromatic carbocycles. The molecule has 0 fully saturated rings. The highest BCUT2D eigenvalue weighted by atomic mass is 19.4. The molecule has 0 spiro atoms. The Labute approximate surface area is 198 Å². The maximum absolute atomic E-state index is 12.5. The average Bonchev–Trinajstić information content (AvgIpc) is 2.80. The molecule has 1 heterocycles. The number of aryl methyl sites for hydroxylation is 2. The summed E-state index contributed by atoms with van der Waals surface area (Å²) < 4.78 is 42.4. The summed E-state index contributed by atoms with van der Waals surface area (Å²) in [6.07, 6.45) is -0.0230. The Morgan fingerprint density at radius 1 is 1.24 bits per heavy atom. The number of aliphatic hydroxyl groups excluding tert-OH is 1. The van der Waals surface area contributed by atoms with Crippen LogP contribution in [0, 0.1) is 6.92 Å². The van der Waals surface area contributed by atoms with Crippen LogP contribution in [0.25, 0.3) is 5.57 Å². The third-order valence-corrected chi connectivity index (χ3v) is 6.10. The van der Waals surface area contributed by atoms with Gasteiger partial charge in [0.05, 0.1) is 18.8 Å². The third kappa shape index (κ3) is 6.97. The minimum Gasteiger partial charge on any atom is -0.494 e. The van der Waals surface area contributed by atoms with Gasteiger partial charge in [0, 0.05) is 12.5 Å². The number of ether oxygens (including phenoxy) is 1. The Bertz CT molecular complexity index is 1060. The smallest absolute Gasteiger partial charge is 0.389 e. The van der Waals surface area contributed by atoms with Crippen molar-refractivity contribution in [3.63, 3.8) is 0 Å². The number of amides is 1. The lowest BCUT2D eigenvalue weighted by Gasteiger charge is -2.36. The lowest BCUT2D eigenvalue weighted by atomic mass is 9.80. The van der Waals surface area contributed by atoms with Crippen LogP contribution >= 0.6 is 0 Å². The number of aliphatic hydroxyl groups is 1. The van der Waals surface area contributed by atoms with E-state index in [9.17, 15) is 23.1 Å². The van der Waals surface area contributed by atoms with Crippen molar-refractivity contribution < 1.29 is 27.8 Å². The molecule has 1 atom stereocenters. The first-order valence-electron chi connectivity index (χ1n) is 11.3. The molecule has 0 unspecified atom stereocenters. The summed E-state index contributed by atoms with van der Waals surface area (Å²) in [5.74, 6) is 0.325. The quantitative estimate of drug-likeness (QED) is 0.345. The lowest BCUT2D eigenvalue weighted by Crippen LogP contribution is -2.49. The molecule has 2 aromatic rings. The van der Waals surface area contributed by atoms with Gasteiger partial charge in [-0.15, -0.1) is 6.58 Å². The van der Waals surface area contributed by atoms with E-state index in [2.05, 4.69) is 11.9 Å². The molecule has 1 amide bonds. The molecule has 0 bridgehead atoms. The van der Waals surface area contributed by atoms with Crippen molar-refractivity contribution in [3.8, 4) is 5.75 Å². The fourth-order valence-corrected chi connectivity index (χ4v) is 4.10. The molecule has 2 N–H and O–H groups in total. The fourth-order valence-electron chi connectivity index (χ4n) is 4.10. The molecular weight excluding hydrogens is 443 g/mol. The fraction of sp³-hybridized carbons (Fsp3) is 0.370. The SMILES string of the molecule is C=C[C@]1(CCc2cccc(OCCCC(F)(F)F)c2)CC(c2ccc(C)c(CO)c2)=CC(=O)N1. The lowest BCUT2D eigenvalue weighted by molar-refractivity contribution is -0.136. The Balaban J connectivity index is 1.67. The molecule has 1 aliphatic rings. The molecular formula is C27H30F3NO3. The van der Waals surface area contributed by atoms with Gasteiger partial charge in [0.25, 0.3) is 0 Å². The van der Waals surface area contributed by atoms with E-state index in [-0.39, 0.29) is 25.5 Å². The second kappa shape index (κ2) is 10.9. The Hall–Kier alpha value is -3.06. The summed E-state index contributed by atoms with van der Waals surface area (Å²) in [4.78, 5) is 12.5. The van der Waals surface area contributed by atoms with Crippen molar-refractivity contribution >= 4 is 11.5 Å². The molecule has 34 heavy (non-hydrogen) atoms. The monoisotopic (exact) mass is 473 g/mol. The third-order valence-electron chi connectivity index (χ3n) is 6.10. The molecule has 3 rings (SSSR count). The van der Waals surface area contributed by atoms with Gasteiger partial charge in [0.1, 0.15) is 5.75 Å². The van der Waals surface area contributed by atoms with Crippen molar-refractivity contribution in [3.05, 3.63) is 83.4 Å². The predicted octanol–water partition coefficient (Wildman–Crippen LogP) is 5.67. The number of hydrogen-bond donors (Lipinski definition) is 2. The maximum Gasteiger partial charge on any atom is 0.389 e. The second-order valence-corrected chi connectivity index (χ2v) is 8.71. The zero-order valence-corrected chi connectivity index (χ0v) is 19.3. The van der Waals surface area contributed by atoms with Gasteiger partial charge in [-0.2, -0.15) is 13.2 Å². The van der Waals surface area contributed by atoms with Crippen molar-refractivity contribution in [2.75, 3.05) is 6.61 Å². The zero-order chi connectivity index (χ0) is 24.8. The molecule has 4 nitrogen and oxygen atoms in total. The van der Waals surface area contributed by atoms with Gasteiger partial charge in [-0.05, 0) is 78.6 Å². The Morgan fingerprint density at radius 3 is 2.74 bits per heavy atom. The summed E-state index contributed by atoms with van der Waals surface area (Å²) in [5, 5.41) is 12.6. The van der Waals surface area contributed by atoms with Crippen LogP contribution < -0.4 is 10.1 Å². The van der Waals surface area contributed by atoms with Crippen molar-refractivity contribution in [2.24, 2.45) is 0 Å². The van der Waals surface area contributed by atoms with Crippen LogP contribution in [-0.2, 0) is 17.8 Å². The number of carbonyl (C=O) groups excluding carboxylic acids is 1. The standard InChI is InChI=1S/C27H30F3NO3/c1-3-26(12-10-20-6-4-7-24(14-20)34-13-5-11-27(28,29)30)17-22(16-25(33)31-26)21-9-8-19(2)23(15-21)18-32/h3-4,6-9,14-16,32H,1,5,10-13,17-18H2,2H3,(H,31,33)/t26-/m0/s1. The van der Waals surface area contributed by atoms with E-state index >= 15 is 0 Å². The van der Waals surface area contributed by atoms with E-state index in [4.69, 9.17) is 4.74 Å². The Morgan fingerprint density at radius 2 is 2.03 bits per heavy atom. The van der Waals surface area contributed by atoms with Crippen molar-refractivity contribution in [2.45, 2.75) is 57.3 Å².